The SMILES string of the molecule is CCCN1CCCCC1C(CN)c1nc2ccccc2s1. The van der Waals surface area contributed by atoms with E-state index in [0.717, 1.165) is 5.52 Å². The van der Waals surface area contributed by atoms with Crippen LogP contribution in [0.5, 0.6) is 0 Å². The van der Waals surface area contributed by atoms with Crippen LogP contribution in [-0.2, 0) is 0 Å². The van der Waals surface area contributed by atoms with E-state index in [1.165, 1.54) is 48.5 Å². The molecule has 2 heterocycles. The van der Waals surface area contributed by atoms with Gasteiger partial charge in [0.25, 0.3) is 0 Å². The summed E-state index contributed by atoms with van der Waals surface area (Å²) in [5.41, 5.74) is 7.28. The predicted molar refractivity (Wildman–Crippen MR) is 90.9 cm³/mol. The fraction of sp³-hybridized carbons (Fsp3) is 0.588. The Hall–Kier alpha value is -0.970. The highest BCUT2D eigenvalue weighted by atomic mass is 32.1. The number of hydrogen-bond acceptors (Lipinski definition) is 4. The fourth-order valence-corrected chi connectivity index (χ4v) is 4.65. The van der Waals surface area contributed by atoms with Crippen molar-refractivity contribution in [2.75, 3.05) is 19.6 Å². The van der Waals surface area contributed by atoms with E-state index < -0.39 is 0 Å². The highest BCUT2D eigenvalue weighted by Crippen LogP contribution is 2.34. The Balaban J connectivity index is 1.88. The van der Waals surface area contributed by atoms with Gasteiger partial charge in [0.2, 0.25) is 0 Å². The van der Waals surface area contributed by atoms with Gasteiger partial charge in [-0.15, -0.1) is 11.3 Å². The van der Waals surface area contributed by atoms with Crippen molar-refractivity contribution in [1.82, 2.24) is 9.88 Å². The summed E-state index contributed by atoms with van der Waals surface area (Å²) in [6.07, 6.45) is 5.13. The Bertz CT molecular complexity index is 545. The van der Waals surface area contributed by atoms with Gasteiger partial charge in [-0.1, -0.05) is 25.5 Å². The van der Waals surface area contributed by atoms with E-state index >= 15 is 0 Å². The fourth-order valence-electron chi connectivity index (χ4n) is 3.51. The number of aromatic nitrogens is 1. The average molecular weight is 303 g/mol. The first kappa shape index (κ1) is 14.9. The van der Waals surface area contributed by atoms with Crippen molar-refractivity contribution >= 4 is 21.6 Å². The number of nitrogens with two attached hydrogens (primary N) is 1. The van der Waals surface area contributed by atoms with Crippen LogP contribution in [0.1, 0.15) is 43.5 Å². The molecule has 114 valence electrons. The van der Waals surface area contributed by atoms with Crippen LogP contribution in [0.25, 0.3) is 10.2 Å². The van der Waals surface area contributed by atoms with Gasteiger partial charge in [-0.2, -0.15) is 0 Å². The van der Waals surface area contributed by atoms with Crippen LogP contribution in [0.15, 0.2) is 24.3 Å². The van der Waals surface area contributed by atoms with E-state index in [0.29, 0.717) is 18.5 Å². The molecule has 0 amide bonds. The quantitative estimate of drug-likeness (QED) is 0.917. The molecule has 0 spiro atoms. The van der Waals surface area contributed by atoms with Crippen LogP contribution >= 0.6 is 11.3 Å². The highest BCUT2D eigenvalue weighted by Gasteiger charge is 2.31. The molecular weight excluding hydrogens is 278 g/mol. The molecule has 1 aromatic carbocycles. The first-order valence-corrected chi connectivity index (χ1v) is 8.94. The first-order chi connectivity index (χ1) is 10.3. The Morgan fingerprint density at radius 2 is 2.24 bits per heavy atom. The number of rotatable bonds is 5. The Morgan fingerprint density at radius 1 is 1.38 bits per heavy atom. The van der Waals surface area contributed by atoms with Gasteiger partial charge in [0.1, 0.15) is 0 Å². The van der Waals surface area contributed by atoms with Gasteiger partial charge >= 0.3 is 0 Å². The van der Waals surface area contributed by atoms with E-state index in [4.69, 9.17) is 10.7 Å². The summed E-state index contributed by atoms with van der Waals surface area (Å²) >= 11 is 1.83. The monoisotopic (exact) mass is 303 g/mol. The highest BCUT2D eigenvalue weighted by molar-refractivity contribution is 7.18. The number of benzene rings is 1. The minimum Gasteiger partial charge on any atom is -0.330 e. The summed E-state index contributed by atoms with van der Waals surface area (Å²) in [4.78, 5) is 7.51. The van der Waals surface area contributed by atoms with E-state index in [9.17, 15) is 0 Å². The van der Waals surface area contributed by atoms with Crippen LogP contribution in [0.2, 0.25) is 0 Å². The molecule has 2 unspecified atom stereocenters. The third kappa shape index (κ3) is 3.12. The number of nitrogens with zero attached hydrogens (tertiary/aromatic N) is 2. The first-order valence-electron chi connectivity index (χ1n) is 8.13. The topological polar surface area (TPSA) is 42.1 Å². The maximum absolute atomic E-state index is 6.16. The van der Waals surface area contributed by atoms with Crippen molar-refractivity contribution in [3.05, 3.63) is 29.3 Å². The molecule has 3 nitrogen and oxygen atoms in total. The summed E-state index contributed by atoms with van der Waals surface area (Å²) in [5.74, 6) is 0.384. The number of piperidine rings is 1. The summed E-state index contributed by atoms with van der Waals surface area (Å²) in [6.45, 7) is 5.37. The van der Waals surface area contributed by atoms with Gasteiger partial charge in [-0.3, -0.25) is 4.90 Å². The van der Waals surface area contributed by atoms with Crippen molar-refractivity contribution < 1.29 is 0 Å². The van der Waals surface area contributed by atoms with Crippen LogP contribution < -0.4 is 5.73 Å². The van der Waals surface area contributed by atoms with Gasteiger partial charge in [0.15, 0.2) is 0 Å². The van der Waals surface area contributed by atoms with Crippen molar-refractivity contribution in [2.45, 2.75) is 44.6 Å². The third-order valence-electron chi connectivity index (χ3n) is 4.52. The average Bonchev–Trinajstić information content (AvgIpc) is 2.93. The van der Waals surface area contributed by atoms with Gasteiger partial charge in [-0.05, 0) is 44.5 Å². The minimum absolute atomic E-state index is 0.384. The second-order valence-corrected chi connectivity index (χ2v) is 7.02. The molecule has 1 aliphatic heterocycles. The van der Waals surface area contributed by atoms with Gasteiger partial charge < -0.3 is 5.73 Å². The number of para-hydroxylation sites is 1. The normalized spacial score (nSPS) is 21.7. The van der Waals surface area contributed by atoms with E-state index in [1.54, 1.807) is 0 Å². The Labute approximate surface area is 131 Å². The minimum atomic E-state index is 0.384. The molecule has 2 aromatic rings. The maximum atomic E-state index is 6.16. The molecule has 2 N–H and O–H groups in total. The third-order valence-corrected chi connectivity index (χ3v) is 5.69. The lowest BCUT2D eigenvalue weighted by molar-refractivity contribution is 0.127. The number of likely N-dealkylation sites (tertiary alicyclic amines) is 1. The molecule has 3 rings (SSSR count). The molecule has 1 aliphatic rings. The lowest BCUT2D eigenvalue weighted by Gasteiger charge is -2.39. The molecule has 0 bridgehead atoms. The lowest BCUT2D eigenvalue weighted by atomic mass is 9.90. The summed E-state index contributed by atoms with van der Waals surface area (Å²) in [7, 11) is 0. The molecule has 21 heavy (non-hydrogen) atoms. The smallest absolute Gasteiger partial charge is 0.0997 e. The summed E-state index contributed by atoms with van der Waals surface area (Å²) < 4.78 is 1.28. The van der Waals surface area contributed by atoms with Gasteiger partial charge in [0, 0.05) is 18.5 Å². The second-order valence-electron chi connectivity index (χ2n) is 5.96. The van der Waals surface area contributed by atoms with Crippen LogP contribution in [-0.4, -0.2) is 35.6 Å². The number of hydrogen-bond donors (Lipinski definition) is 1. The standard InChI is InChI=1S/C17H25N3S/c1-2-10-20-11-6-5-8-15(20)13(12-18)17-19-14-7-3-4-9-16(14)21-17/h3-4,7,9,13,15H,2,5-6,8,10-12,18H2,1H3. The van der Waals surface area contributed by atoms with Crippen LogP contribution in [0, 0.1) is 0 Å². The summed E-state index contributed by atoms with van der Waals surface area (Å²) in [6, 6.07) is 8.99. The molecule has 1 aromatic heterocycles. The van der Waals surface area contributed by atoms with Crippen molar-refractivity contribution in [2.24, 2.45) is 5.73 Å². The summed E-state index contributed by atoms with van der Waals surface area (Å²) in [5, 5.41) is 1.23. The van der Waals surface area contributed by atoms with Crippen molar-refractivity contribution in [3.63, 3.8) is 0 Å². The second kappa shape index (κ2) is 6.86. The molecule has 1 saturated heterocycles. The predicted octanol–water partition coefficient (Wildman–Crippen LogP) is 3.60. The van der Waals surface area contributed by atoms with Crippen molar-refractivity contribution in [3.8, 4) is 0 Å². The van der Waals surface area contributed by atoms with Crippen LogP contribution in [0.4, 0.5) is 0 Å². The van der Waals surface area contributed by atoms with Crippen LogP contribution in [0.3, 0.4) is 0 Å². The zero-order valence-corrected chi connectivity index (χ0v) is 13.6. The molecule has 0 radical (unpaired) electrons. The molecule has 2 atom stereocenters. The molecule has 0 aliphatic carbocycles. The molecular formula is C17H25N3S. The largest absolute Gasteiger partial charge is 0.330 e. The van der Waals surface area contributed by atoms with Gasteiger partial charge in [0.05, 0.1) is 15.2 Å². The number of thiazole rings is 1. The number of fused-ring (bicyclic) bond motifs is 1. The molecule has 0 saturated carbocycles. The zero-order chi connectivity index (χ0) is 14.7. The zero-order valence-electron chi connectivity index (χ0n) is 12.8. The maximum Gasteiger partial charge on any atom is 0.0997 e. The Morgan fingerprint density at radius 3 is 3.00 bits per heavy atom. The lowest BCUT2D eigenvalue weighted by Crippen LogP contribution is -2.45. The van der Waals surface area contributed by atoms with E-state index in [2.05, 4.69) is 36.1 Å². The van der Waals surface area contributed by atoms with E-state index in [1.807, 2.05) is 11.3 Å². The van der Waals surface area contributed by atoms with Gasteiger partial charge in [-0.25, -0.2) is 4.98 Å². The Kier molecular flexibility index (Phi) is 4.88. The molecule has 1 fully saturated rings. The van der Waals surface area contributed by atoms with Crippen molar-refractivity contribution in [1.29, 1.82) is 0 Å². The van der Waals surface area contributed by atoms with E-state index in [-0.39, 0.29) is 0 Å². The molecule has 4 heteroatoms.